The van der Waals surface area contributed by atoms with Gasteiger partial charge in [-0.1, -0.05) is 16.8 Å². The molecule has 6 heteroatoms. The molecule has 0 radical (unpaired) electrons. The van der Waals surface area contributed by atoms with E-state index < -0.39 is 18.1 Å². The molecule has 0 aromatic rings. The highest BCUT2D eigenvalue weighted by Gasteiger charge is 2.30. The second-order valence-electron chi connectivity index (χ2n) is 2.18. The Hall–Kier alpha value is -0.810. The molecule has 3 N–H and O–H groups in total. The highest BCUT2D eigenvalue weighted by Crippen LogP contribution is 2.14. The number of rotatable bonds is 2. The first-order valence-corrected chi connectivity index (χ1v) is 3.35. The number of halogens is 1. The summed E-state index contributed by atoms with van der Waals surface area (Å²) < 4.78 is 0. The van der Waals surface area contributed by atoms with Crippen molar-refractivity contribution in [2.24, 2.45) is 10.9 Å². The van der Waals surface area contributed by atoms with E-state index in [9.17, 15) is 4.79 Å². The van der Waals surface area contributed by atoms with Gasteiger partial charge in [-0.3, -0.25) is 4.79 Å². The molecule has 1 aliphatic rings. The van der Waals surface area contributed by atoms with Gasteiger partial charge in [0, 0.05) is 6.42 Å². The Kier molecular flexibility index (Phi) is 2.31. The molecule has 5 nitrogen and oxygen atoms in total. The Balaban J connectivity index is 2.47. The zero-order chi connectivity index (χ0) is 8.43. The average Bonchev–Trinajstić information content (AvgIpc) is 2.34. The van der Waals surface area contributed by atoms with Gasteiger partial charge in [-0.2, -0.15) is 0 Å². The summed E-state index contributed by atoms with van der Waals surface area (Å²) in [5, 5.41) is 12.0. The second-order valence-corrected chi connectivity index (χ2v) is 2.62. The van der Waals surface area contributed by atoms with Crippen molar-refractivity contribution in [1.82, 2.24) is 0 Å². The van der Waals surface area contributed by atoms with Crippen LogP contribution in [0.15, 0.2) is 5.16 Å². The van der Waals surface area contributed by atoms with Crippen LogP contribution in [0.4, 0.5) is 0 Å². The molecule has 1 rings (SSSR count). The molecule has 0 saturated carbocycles. The first-order chi connectivity index (χ1) is 5.11. The Morgan fingerprint density at radius 3 is 3.00 bits per heavy atom. The lowest BCUT2D eigenvalue weighted by Crippen LogP contribution is -2.41. The second kappa shape index (κ2) is 3.06. The number of hydrogen-bond donors (Lipinski definition) is 2. The summed E-state index contributed by atoms with van der Waals surface area (Å²) in [4.78, 5) is 14.9. The standard InChI is InChI=1S/C5H7ClN2O3/c6-3-1-2(11-8-3)4(7)5(9)10/h2,4H,1,7H2,(H,9,10)/t2?,4-/m0/s1. The molecule has 0 spiro atoms. The molecule has 2 atom stereocenters. The van der Waals surface area contributed by atoms with Gasteiger partial charge in [0.2, 0.25) is 0 Å². The molecule has 0 saturated heterocycles. The number of nitrogens with zero attached hydrogens (tertiary/aromatic N) is 1. The van der Waals surface area contributed by atoms with E-state index in [0.717, 1.165) is 0 Å². The van der Waals surface area contributed by atoms with E-state index in [-0.39, 0.29) is 11.6 Å². The summed E-state index contributed by atoms with van der Waals surface area (Å²) in [5.41, 5.74) is 5.23. The first-order valence-electron chi connectivity index (χ1n) is 2.98. The molecule has 1 heterocycles. The minimum Gasteiger partial charge on any atom is -0.480 e. The van der Waals surface area contributed by atoms with E-state index in [4.69, 9.17) is 22.4 Å². The molecule has 0 aromatic carbocycles. The van der Waals surface area contributed by atoms with E-state index in [1.54, 1.807) is 0 Å². The van der Waals surface area contributed by atoms with Crippen molar-refractivity contribution in [2.45, 2.75) is 18.6 Å². The van der Waals surface area contributed by atoms with Gasteiger partial charge in [-0.05, 0) is 0 Å². The monoisotopic (exact) mass is 178 g/mol. The van der Waals surface area contributed by atoms with Crippen molar-refractivity contribution in [3.05, 3.63) is 0 Å². The third kappa shape index (κ3) is 1.81. The Morgan fingerprint density at radius 1 is 2.00 bits per heavy atom. The molecule has 0 bridgehead atoms. The number of aliphatic carboxylic acids is 1. The molecule has 0 aliphatic carbocycles. The number of carboxylic acid groups (broad SMARTS) is 1. The van der Waals surface area contributed by atoms with Crippen LogP contribution in [-0.2, 0) is 9.63 Å². The Bertz CT molecular complexity index is 206. The SMILES string of the molecule is N[C@H](C(=O)O)C1CC(Cl)=NO1. The molecule has 0 aromatic heterocycles. The Labute approximate surface area is 67.8 Å². The highest BCUT2D eigenvalue weighted by atomic mass is 35.5. The van der Waals surface area contributed by atoms with Crippen molar-refractivity contribution >= 4 is 22.7 Å². The molecule has 1 unspecified atom stereocenters. The number of carboxylic acids is 1. The third-order valence-corrected chi connectivity index (χ3v) is 1.57. The van der Waals surface area contributed by atoms with Crippen LogP contribution in [0.1, 0.15) is 6.42 Å². The van der Waals surface area contributed by atoms with E-state index in [1.807, 2.05) is 0 Å². The van der Waals surface area contributed by atoms with Crippen LogP contribution < -0.4 is 5.73 Å². The summed E-state index contributed by atoms with van der Waals surface area (Å²) in [5.74, 6) is -1.11. The first kappa shape index (κ1) is 8.29. The van der Waals surface area contributed by atoms with Crippen molar-refractivity contribution < 1.29 is 14.7 Å². The predicted molar refractivity (Wildman–Crippen MR) is 38.4 cm³/mol. The maximum Gasteiger partial charge on any atom is 0.324 e. The molecule has 1 aliphatic heterocycles. The van der Waals surface area contributed by atoms with Gasteiger partial charge in [-0.15, -0.1) is 0 Å². The number of hydrogen-bond acceptors (Lipinski definition) is 4. The number of oxime groups is 1. The van der Waals surface area contributed by atoms with E-state index in [1.165, 1.54) is 0 Å². The van der Waals surface area contributed by atoms with Gasteiger partial charge in [0.05, 0.1) is 0 Å². The van der Waals surface area contributed by atoms with Gasteiger partial charge in [-0.25, -0.2) is 0 Å². The lowest BCUT2D eigenvalue weighted by Gasteiger charge is -2.11. The van der Waals surface area contributed by atoms with Crippen LogP contribution in [0.2, 0.25) is 0 Å². The van der Waals surface area contributed by atoms with E-state index >= 15 is 0 Å². The quantitative estimate of drug-likeness (QED) is 0.610. The summed E-state index contributed by atoms with van der Waals surface area (Å²) >= 11 is 5.43. The lowest BCUT2D eigenvalue weighted by molar-refractivity contribution is -0.141. The molecule has 0 fully saturated rings. The average molecular weight is 179 g/mol. The maximum atomic E-state index is 10.3. The van der Waals surface area contributed by atoms with Crippen molar-refractivity contribution in [1.29, 1.82) is 0 Å². The van der Waals surface area contributed by atoms with Crippen LogP contribution in [0.3, 0.4) is 0 Å². The maximum absolute atomic E-state index is 10.3. The zero-order valence-corrected chi connectivity index (χ0v) is 6.28. The van der Waals surface area contributed by atoms with Crippen LogP contribution in [0, 0.1) is 0 Å². The van der Waals surface area contributed by atoms with Crippen molar-refractivity contribution in [2.75, 3.05) is 0 Å². The van der Waals surface area contributed by atoms with Gasteiger partial charge in [0.15, 0.2) is 6.10 Å². The van der Waals surface area contributed by atoms with Gasteiger partial charge in [0.25, 0.3) is 0 Å². The van der Waals surface area contributed by atoms with Crippen molar-refractivity contribution in [3.63, 3.8) is 0 Å². The van der Waals surface area contributed by atoms with Crippen LogP contribution in [-0.4, -0.2) is 28.4 Å². The largest absolute Gasteiger partial charge is 0.480 e. The molecular formula is C5H7ClN2O3. The summed E-state index contributed by atoms with van der Waals surface area (Å²) in [6, 6.07) is -1.06. The van der Waals surface area contributed by atoms with Crippen LogP contribution >= 0.6 is 11.6 Å². The van der Waals surface area contributed by atoms with Crippen LogP contribution in [0.5, 0.6) is 0 Å². The summed E-state index contributed by atoms with van der Waals surface area (Å²) in [7, 11) is 0. The number of carbonyl (C=O) groups is 1. The molecule has 11 heavy (non-hydrogen) atoms. The normalized spacial score (nSPS) is 25.6. The fraction of sp³-hybridized carbons (Fsp3) is 0.600. The number of nitrogens with two attached hydrogens (primary N) is 1. The Morgan fingerprint density at radius 2 is 2.64 bits per heavy atom. The summed E-state index contributed by atoms with van der Waals surface area (Å²) in [6.07, 6.45) is -0.352. The fourth-order valence-electron chi connectivity index (χ4n) is 0.717. The predicted octanol–water partition coefficient (Wildman–Crippen LogP) is -0.260. The molecule has 62 valence electrons. The summed E-state index contributed by atoms with van der Waals surface area (Å²) in [6.45, 7) is 0. The molecule has 0 amide bonds. The highest BCUT2D eigenvalue weighted by molar-refractivity contribution is 6.65. The van der Waals surface area contributed by atoms with Gasteiger partial charge >= 0.3 is 5.97 Å². The third-order valence-electron chi connectivity index (χ3n) is 1.34. The van der Waals surface area contributed by atoms with Crippen LogP contribution in [0.25, 0.3) is 0 Å². The van der Waals surface area contributed by atoms with Crippen molar-refractivity contribution in [3.8, 4) is 0 Å². The fourth-order valence-corrected chi connectivity index (χ4v) is 0.909. The smallest absolute Gasteiger partial charge is 0.324 e. The minimum absolute atomic E-state index is 0.256. The molecular weight excluding hydrogens is 172 g/mol. The lowest BCUT2D eigenvalue weighted by atomic mass is 10.1. The van der Waals surface area contributed by atoms with Gasteiger partial charge in [0.1, 0.15) is 11.2 Å². The van der Waals surface area contributed by atoms with E-state index in [0.29, 0.717) is 0 Å². The van der Waals surface area contributed by atoms with E-state index in [2.05, 4.69) is 9.99 Å². The van der Waals surface area contributed by atoms with Gasteiger partial charge < -0.3 is 15.7 Å². The topological polar surface area (TPSA) is 84.9 Å². The minimum atomic E-state index is -1.11. The zero-order valence-electron chi connectivity index (χ0n) is 5.53.